The summed E-state index contributed by atoms with van der Waals surface area (Å²) in [4.78, 5) is 20.9. The fourth-order valence-electron chi connectivity index (χ4n) is 3.61. The predicted molar refractivity (Wildman–Crippen MR) is 101 cm³/mol. The molecule has 1 amide bonds. The minimum atomic E-state index is -1.41. The molecule has 0 bridgehead atoms. The van der Waals surface area contributed by atoms with Crippen LogP contribution in [0.5, 0.6) is 0 Å². The van der Waals surface area contributed by atoms with Crippen LogP contribution in [0.1, 0.15) is 29.7 Å². The summed E-state index contributed by atoms with van der Waals surface area (Å²) >= 11 is 0. The Morgan fingerprint density at radius 2 is 2.04 bits per heavy atom. The molecule has 1 fully saturated rings. The molecule has 0 aliphatic carbocycles. The number of likely N-dealkylation sites (tertiary alicyclic amines) is 1. The Bertz CT molecular complexity index is 796. The molecule has 1 aliphatic heterocycles. The van der Waals surface area contributed by atoms with Gasteiger partial charge in [-0.3, -0.25) is 14.7 Å². The Hall–Kier alpha value is -2.31. The predicted octanol–water partition coefficient (Wildman–Crippen LogP) is 2.51. The van der Waals surface area contributed by atoms with Gasteiger partial charge in [-0.05, 0) is 56.1 Å². The van der Waals surface area contributed by atoms with Crippen LogP contribution < -0.4 is 0 Å². The van der Waals surface area contributed by atoms with Crippen LogP contribution >= 0.6 is 0 Å². The van der Waals surface area contributed by atoms with Gasteiger partial charge >= 0.3 is 0 Å². The zero-order chi connectivity index (χ0) is 19.4. The highest BCUT2D eigenvalue weighted by molar-refractivity contribution is 5.86. The molecule has 1 atom stereocenters. The van der Waals surface area contributed by atoms with Crippen LogP contribution in [0.15, 0.2) is 42.6 Å². The minimum Gasteiger partial charge on any atom is -0.379 e. The Balaban J connectivity index is 1.65. The molecule has 0 radical (unpaired) electrons. The molecule has 2 heterocycles. The molecule has 2 aromatic rings. The monoisotopic (exact) mass is 371 g/mol. The lowest BCUT2D eigenvalue weighted by Crippen LogP contribution is -2.57. The van der Waals surface area contributed by atoms with Gasteiger partial charge in [-0.1, -0.05) is 18.2 Å². The number of amides is 1. The molecule has 144 valence electrons. The molecule has 27 heavy (non-hydrogen) atoms. The second-order valence-electron chi connectivity index (χ2n) is 7.43. The van der Waals surface area contributed by atoms with E-state index in [9.17, 15) is 14.3 Å². The zero-order valence-corrected chi connectivity index (χ0v) is 15.9. The van der Waals surface area contributed by atoms with E-state index >= 15 is 0 Å². The summed E-state index contributed by atoms with van der Waals surface area (Å²) in [6, 6.07) is 10.0. The summed E-state index contributed by atoms with van der Waals surface area (Å²) in [5.41, 5.74) is 1.47. The first-order valence-electron chi connectivity index (χ1n) is 9.23. The third-order valence-electron chi connectivity index (χ3n) is 5.06. The van der Waals surface area contributed by atoms with Gasteiger partial charge in [0.15, 0.2) is 5.60 Å². The van der Waals surface area contributed by atoms with Crippen molar-refractivity contribution in [2.24, 2.45) is 0 Å². The number of rotatable bonds is 6. The molecule has 1 aromatic carbocycles. The Labute approximate surface area is 159 Å². The molecular formula is C21H26FN3O2. The van der Waals surface area contributed by atoms with Crippen molar-refractivity contribution < 1.29 is 14.3 Å². The van der Waals surface area contributed by atoms with Crippen LogP contribution in [-0.4, -0.2) is 51.5 Å². The molecule has 3 rings (SSSR count). The second kappa shape index (κ2) is 8.15. The smallest absolute Gasteiger partial charge is 0.256 e. The van der Waals surface area contributed by atoms with Crippen molar-refractivity contribution in [1.82, 2.24) is 14.8 Å². The molecule has 6 heteroatoms. The average molecular weight is 371 g/mol. The van der Waals surface area contributed by atoms with E-state index in [4.69, 9.17) is 0 Å². The van der Waals surface area contributed by atoms with Gasteiger partial charge in [-0.25, -0.2) is 4.39 Å². The number of hydrogen-bond donors (Lipinski definition) is 1. The van der Waals surface area contributed by atoms with Gasteiger partial charge < -0.3 is 10.0 Å². The van der Waals surface area contributed by atoms with Crippen molar-refractivity contribution in [1.29, 1.82) is 0 Å². The summed E-state index contributed by atoms with van der Waals surface area (Å²) in [5.74, 6) is -0.561. The molecule has 0 saturated carbocycles. The topological polar surface area (TPSA) is 56.7 Å². The highest BCUT2D eigenvalue weighted by Gasteiger charge is 2.42. The van der Waals surface area contributed by atoms with Gasteiger partial charge in [0.2, 0.25) is 0 Å². The summed E-state index contributed by atoms with van der Waals surface area (Å²) in [6.45, 7) is 3.80. The second-order valence-corrected chi connectivity index (χ2v) is 7.43. The van der Waals surface area contributed by atoms with E-state index in [1.54, 1.807) is 23.2 Å². The third kappa shape index (κ3) is 4.70. The van der Waals surface area contributed by atoms with Crippen LogP contribution in [0.25, 0.3) is 0 Å². The lowest BCUT2D eigenvalue weighted by atomic mass is 9.90. The Morgan fingerprint density at radius 1 is 1.30 bits per heavy atom. The molecule has 0 spiro atoms. The number of hydrogen-bond acceptors (Lipinski definition) is 4. The quantitative estimate of drug-likeness (QED) is 0.848. The molecule has 1 aromatic heterocycles. The Kier molecular flexibility index (Phi) is 5.87. The standard InChI is InChI=1S/C21H26FN3O2/c1-16-5-3-11-23-19(16)14-24(2)15-21(27)10-4-12-25(20(21)26)13-17-6-8-18(22)9-7-17/h3,5-9,11,27H,4,10,12-15H2,1-2H3. The largest absolute Gasteiger partial charge is 0.379 e. The van der Waals surface area contributed by atoms with E-state index < -0.39 is 5.60 Å². The molecular weight excluding hydrogens is 345 g/mol. The number of piperidine rings is 1. The van der Waals surface area contributed by atoms with Crippen molar-refractivity contribution in [3.05, 3.63) is 65.2 Å². The first kappa shape index (κ1) is 19.5. The van der Waals surface area contributed by atoms with Gasteiger partial charge in [0.05, 0.1) is 5.69 Å². The van der Waals surface area contributed by atoms with Crippen molar-refractivity contribution in [2.75, 3.05) is 20.1 Å². The van der Waals surface area contributed by atoms with Gasteiger partial charge in [0, 0.05) is 32.4 Å². The number of carbonyl (C=O) groups excluding carboxylic acids is 1. The van der Waals surface area contributed by atoms with E-state index in [-0.39, 0.29) is 18.3 Å². The maximum Gasteiger partial charge on any atom is 0.256 e. The molecule has 1 saturated heterocycles. The zero-order valence-electron chi connectivity index (χ0n) is 15.9. The number of likely N-dealkylation sites (N-methyl/N-ethyl adjacent to an activating group) is 1. The van der Waals surface area contributed by atoms with Crippen LogP contribution in [-0.2, 0) is 17.9 Å². The lowest BCUT2D eigenvalue weighted by Gasteiger charge is -2.40. The van der Waals surface area contributed by atoms with Gasteiger partial charge in [-0.2, -0.15) is 0 Å². The van der Waals surface area contributed by atoms with Crippen molar-refractivity contribution >= 4 is 5.91 Å². The fourth-order valence-corrected chi connectivity index (χ4v) is 3.61. The molecule has 1 N–H and O–H groups in total. The molecule has 5 nitrogen and oxygen atoms in total. The first-order valence-corrected chi connectivity index (χ1v) is 9.23. The van der Waals surface area contributed by atoms with Crippen LogP contribution in [0.3, 0.4) is 0 Å². The summed E-state index contributed by atoms with van der Waals surface area (Å²) < 4.78 is 13.1. The van der Waals surface area contributed by atoms with Gasteiger partial charge in [0.1, 0.15) is 5.82 Å². The maximum absolute atomic E-state index is 13.1. The number of halogens is 1. The van der Waals surface area contributed by atoms with Gasteiger partial charge in [0.25, 0.3) is 5.91 Å². The number of benzene rings is 1. The van der Waals surface area contributed by atoms with Crippen LogP contribution in [0.4, 0.5) is 4.39 Å². The number of aromatic nitrogens is 1. The highest BCUT2D eigenvalue weighted by Crippen LogP contribution is 2.25. The SMILES string of the molecule is Cc1cccnc1CN(C)CC1(O)CCCN(Cc2ccc(F)cc2)C1=O. The van der Waals surface area contributed by atoms with E-state index in [1.807, 2.05) is 31.0 Å². The lowest BCUT2D eigenvalue weighted by molar-refractivity contribution is -0.160. The minimum absolute atomic E-state index is 0.252. The van der Waals surface area contributed by atoms with Crippen molar-refractivity contribution in [3.8, 4) is 0 Å². The first-order chi connectivity index (χ1) is 12.9. The van der Waals surface area contributed by atoms with E-state index in [1.165, 1.54) is 12.1 Å². The third-order valence-corrected chi connectivity index (χ3v) is 5.06. The number of pyridine rings is 1. The summed E-state index contributed by atoms with van der Waals surface area (Å²) in [6.07, 6.45) is 2.93. The number of aliphatic hydroxyl groups is 1. The Morgan fingerprint density at radius 3 is 2.74 bits per heavy atom. The highest BCUT2D eigenvalue weighted by atomic mass is 19.1. The normalized spacial score (nSPS) is 20.3. The maximum atomic E-state index is 13.1. The number of aryl methyl sites for hydroxylation is 1. The number of nitrogens with zero attached hydrogens (tertiary/aromatic N) is 3. The van der Waals surface area contributed by atoms with Crippen LogP contribution in [0.2, 0.25) is 0 Å². The van der Waals surface area contributed by atoms with E-state index in [0.29, 0.717) is 26.1 Å². The fraction of sp³-hybridized carbons (Fsp3) is 0.429. The van der Waals surface area contributed by atoms with Crippen LogP contribution in [0, 0.1) is 12.7 Å². The molecule has 1 aliphatic rings. The van der Waals surface area contributed by atoms with E-state index in [2.05, 4.69) is 4.98 Å². The number of carbonyl (C=O) groups is 1. The summed E-state index contributed by atoms with van der Waals surface area (Å²) in [5, 5.41) is 11.0. The van der Waals surface area contributed by atoms with Crippen molar-refractivity contribution in [3.63, 3.8) is 0 Å². The van der Waals surface area contributed by atoms with Crippen molar-refractivity contribution in [2.45, 2.75) is 38.5 Å². The van der Waals surface area contributed by atoms with Gasteiger partial charge in [-0.15, -0.1) is 0 Å². The summed E-state index contributed by atoms with van der Waals surface area (Å²) in [7, 11) is 1.89. The average Bonchev–Trinajstić information content (AvgIpc) is 2.63. The van der Waals surface area contributed by atoms with E-state index in [0.717, 1.165) is 23.2 Å². The molecule has 1 unspecified atom stereocenters.